The first-order valence-electron chi connectivity index (χ1n) is 8.06. The number of sulfonamides is 1. The summed E-state index contributed by atoms with van der Waals surface area (Å²) in [5.41, 5.74) is 0.507. The third-order valence-electron chi connectivity index (χ3n) is 4.03. The summed E-state index contributed by atoms with van der Waals surface area (Å²) in [6.45, 7) is 6.22. The standard InChI is InChI=1S/C16H24ClN3O3S/c1-13(2)20(16(21)14-3-5-15(17)6-4-14)11-12-24(22,23)19-9-7-18-8-10-19/h3-6,13,18H,7-12H2,1-2H3. The molecule has 0 aliphatic carbocycles. The number of amides is 1. The highest BCUT2D eigenvalue weighted by Gasteiger charge is 2.26. The Hall–Kier alpha value is -1.15. The lowest BCUT2D eigenvalue weighted by Gasteiger charge is -2.30. The number of piperazine rings is 1. The molecule has 2 rings (SSSR count). The van der Waals surface area contributed by atoms with Crippen molar-refractivity contribution in [1.29, 1.82) is 0 Å². The minimum atomic E-state index is -3.36. The Kier molecular flexibility index (Phi) is 6.62. The summed E-state index contributed by atoms with van der Waals surface area (Å²) in [5, 5.41) is 3.69. The molecule has 6 nitrogen and oxygen atoms in total. The summed E-state index contributed by atoms with van der Waals surface area (Å²) >= 11 is 5.85. The van der Waals surface area contributed by atoms with E-state index in [1.165, 1.54) is 4.31 Å². The zero-order valence-corrected chi connectivity index (χ0v) is 15.6. The molecule has 1 aliphatic heterocycles. The predicted octanol–water partition coefficient (Wildman–Crippen LogP) is 1.43. The number of hydrogen-bond donors (Lipinski definition) is 1. The van der Waals surface area contributed by atoms with Gasteiger partial charge in [0.05, 0.1) is 5.75 Å². The molecule has 1 aromatic rings. The van der Waals surface area contributed by atoms with Crippen molar-refractivity contribution in [1.82, 2.24) is 14.5 Å². The van der Waals surface area contributed by atoms with E-state index in [4.69, 9.17) is 11.6 Å². The minimum absolute atomic E-state index is 0.0650. The van der Waals surface area contributed by atoms with Crippen LogP contribution in [0.2, 0.25) is 5.02 Å². The number of rotatable bonds is 6. The number of carbonyl (C=O) groups excluding carboxylic acids is 1. The third-order valence-corrected chi connectivity index (χ3v) is 6.14. The van der Waals surface area contributed by atoms with Crippen LogP contribution in [-0.4, -0.2) is 68.0 Å². The van der Waals surface area contributed by atoms with Gasteiger partial charge >= 0.3 is 0 Å². The number of nitrogens with one attached hydrogen (secondary N) is 1. The average Bonchev–Trinajstić information content (AvgIpc) is 2.56. The van der Waals surface area contributed by atoms with E-state index in [1.54, 1.807) is 29.2 Å². The van der Waals surface area contributed by atoms with Crippen molar-refractivity contribution in [3.63, 3.8) is 0 Å². The molecule has 1 fully saturated rings. The van der Waals surface area contributed by atoms with Gasteiger partial charge in [0.2, 0.25) is 10.0 Å². The van der Waals surface area contributed by atoms with Crippen LogP contribution in [0.4, 0.5) is 0 Å². The van der Waals surface area contributed by atoms with Gasteiger partial charge in [-0.15, -0.1) is 0 Å². The Labute approximate surface area is 148 Å². The van der Waals surface area contributed by atoms with Gasteiger partial charge in [0, 0.05) is 49.4 Å². The summed E-state index contributed by atoms with van der Waals surface area (Å²) in [5.74, 6) is -0.248. The van der Waals surface area contributed by atoms with Crippen LogP contribution in [-0.2, 0) is 10.0 Å². The number of benzene rings is 1. The summed E-state index contributed by atoms with van der Waals surface area (Å²) < 4.78 is 26.4. The molecule has 1 N–H and O–H groups in total. The number of nitrogens with zero attached hydrogens (tertiary/aromatic N) is 2. The SMILES string of the molecule is CC(C)N(CCS(=O)(=O)N1CCNCC1)C(=O)c1ccc(Cl)cc1. The van der Waals surface area contributed by atoms with Crippen LogP contribution in [0.3, 0.4) is 0 Å². The van der Waals surface area contributed by atoms with Crippen molar-refractivity contribution < 1.29 is 13.2 Å². The van der Waals surface area contributed by atoms with Crippen molar-refractivity contribution in [2.24, 2.45) is 0 Å². The molecule has 1 heterocycles. The maximum Gasteiger partial charge on any atom is 0.254 e. The molecule has 1 aromatic carbocycles. The first kappa shape index (κ1) is 19.2. The Morgan fingerprint density at radius 1 is 1.25 bits per heavy atom. The third kappa shape index (κ3) is 4.92. The maximum atomic E-state index is 12.7. The molecule has 0 aromatic heterocycles. The van der Waals surface area contributed by atoms with E-state index in [2.05, 4.69) is 5.32 Å². The molecular formula is C16H24ClN3O3S. The first-order valence-corrected chi connectivity index (χ1v) is 10.0. The fraction of sp³-hybridized carbons (Fsp3) is 0.562. The lowest BCUT2D eigenvalue weighted by Crippen LogP contribution is -2.49. The molecule has 24 heavy (non-hydrogen) atoms. The average molecular weight is 374 g/mol. The van der Waals surface area contributed by atoms with Gasteiger partial charge in [0.15, 0.2) is 0 Å². The largest absolute Gasteiger partial charge is 0.335 e. The monoisotopic (exact) mass is 373 g/mol. The zero-order valence-electron chi connectivity index (χ0n) is 14.0. The number of carbonyl (C=O) groups is 1. The molecule has 1 saturated heterocycles. The number of halogens is 1. The minimum Gasteiger partial charge on any atom is -0.335 e. The second-order valence-corrected chi connectivity index (χ2v) is 8.59. The quantitative estimate of drug-likeness (QED) is 0.818. The van der Waals surface area contributed by atoms with E-state index in [1.807, 2.05) is 13.8 Å². The lowest BCUT2D eigenvalue weighted by molar-refractivity contribution is 0.0718. The molecule has 0 bridgehead atoms. The van der Waals surface area contributed by atoms with E-state index < -0.39 is 10.0 Å². The molecule has 0 atom stereocenters. The second kappa shape index (κ2) is 8.29. The van der Waals surface area contributed by atoms with Gasteiger partial charge in [-0.1, -0.05) is 11.6 Å². The van der Waals surface area contributed by atoms with Crippen molar-refractivity contribution in [3.8, 4) is 0 Å². The summed E-state index contributed by atoms with van der Waals surface area (Å²) in [4.78, 5) is 14.2. The Morgan fingerprint density at radius 3 is 2.38 bits per heavy atom. The lowest BCUT2D eigenvalue weighted by atomic mass is 10.2. The van der Waals surface area contributed by atoms with Crippen molar-refractivity contribution in [2.45, 2.75) is 19.9 Å². The summed E-state index contributed by atoms with van der Waals surface area (Å²) in [7, 11) is -3.36. The first-order chi connectivity index (χ1) is 11.3. The Bertz CT molecular complexity index is 656. The highest BCUT2D eigenvalue weighted by atomic mass is 35.5. The molecule has 0 radical (unpaired) electrons. The highest BCUT2D eigenvalue weighted by Crippen LogP contribution is 2.14. The fourth-order valence-electron chi connectivity index (χ4n) is 2.62. The molecule has 8 heteroatoms. The van der Waals surface area contributed by atoms with E-state index >= 15 is 0 Å². The van der Waals surface area contributed by atoms with Gasteiger partial charge in [0.25, 0.3) is 5.91 Å². The van der Waals surface area contributed by atoms with Gasteiger partial charge < -0.3 is 10.2 Å². The van der Waals surface area contributed by atoms with Gasteiger partial charge in [-0.3, -0.25) is 4.79 Å². The molecular weight excluding hydrogens is 350 g/mol. The molecule has 1 aliphatic rings. The fourth-order valence-corrected chi connectivity index (χ4v) is 4.17. The second-order valence-electron chi connectivity index (χ2n) is 6.06. The van der Waals surface area contributed by atoms with Gasteiger partial charge in [-0.25, -0.2) is 8.42 Å². The van der Waals surface area contributed by atoms with Gasteiger partial charge in [-0.2, -0.15) is 4.31 Å². The van der Waals surface area contributed by atoms with Crippen LogP contribution in [0.5, 0.6) is 0 Å². The van der Waals surface area contributed by atoms with Crippen molar-refractivity contribution in [2.75, 3.05) is 38.5 Å². The van der Waals surface area contributed by atoms with Crippen LogP contribution in [0, 0.1) is 0 Å². The van der Waals surface area contributed by atoms with Crippen LogP contribution in [0.25, 0.3) is 0 Å². The Balaban J connectivity index is 2.05. The Morgan fingerprint density at radius 2 is 1.83 bits per heavy atom. The summed E-state index contributed by atoms with van der Waals surface area (Å²) in [6.07, 6.45) is 0. The van der Waals surface area contributed by atoms with Crippen LogP contribution >= 0.6 is 11.6 Å². The molecule has 0 spiro atoms. The molecule has 1 amide bonds. The van der Waals surface area contributed by atoms with Crippen molar-refractivity contribution in [3.05, 3.63) is 34.9 Å². The zero-order chi connectivity index (χ0) is 17.7. The highest BCUT2D eigenvalue weighted by molar-refractivity contribution is 7.89. The normalized spacial score (nSPS) is 16.3. The van der Waals surface area contributed by atoms with Gasteiger partial charge in [0.1, 0.15) is 0 Å². The van der Waals surface area contributed by atoms with Crippen molar-refractivity contribution >= 4 is 27.5 Å². The van der Waals surface area contributed by atoms with Crippen LogP contribution in [0.1, 0.15) is 24.2 Å². The maximum absolute atomic E-state index is 12.7. The molecule has 0 unspecified atom stereocenters. The topological polar surface area (TPSA) is 69.7 Å². The molecule has 134 valence electrons. The predicted molar refractivity (Wildman–Crippen MR) is 95.9 cm³/mol. The van der Waals surface area contributed by atoms with E-state index in [0.29, 0.717) is 36.8 Å². The molecule has 0 saturated carbocycles. The smallest absolute Gasteiger partial charge is 0.254 e. The van der Waals surface area contributed by atoms with E-state index in [9.17, 15) is 13.2 Å². The van der Waals surface area contributed by atoms with E-state index in [-0.39, 0.29) is 24.2 Å². The number of hydrogen-bond acceptors (Lipinski definition) is 4. The van der Waals surface area contributed by atoms with Crippen LogP contribution in [0.15, 0.2) is 24.3 Å². The van der Waals surface area contributed by atoms with Gasteiger partial charge in [-0.05, 0) is 38.1 Å². The van der Waals surface area contributed by atoms with E-state index in [0.717, 1.165) is 0 Å². The summed E-state index contributed by atoms with van der Waals surface area (Å²) in [6, 6.07) is 6.54. The van der Waals surface area contributed by atoms with Crippen LogP contribution < -0.4 is 5.32 Å².